The molecule has 16 heavy (non-hydrogen) atoms. The molecule has 0 unspecified atom stereocenters. The summed E-state index contributed by atoms with van der Waals surface area (Å²) in [5.74, 6) is -1.04. The molecule has 0 fully saturated rings. The van der Waals surface area contributed by atoms with Crippen molar-refractivity contribution in [2.45, 2.75) is 6.92 Å². The first-order valence-electron chi connectivity index (χ1n) is 4.64. The maximum atomic E-state index is 13.6. The van der Waals surface area contributed by atoms with Gasteiger partial charge in [-0.1, -0.05) is 17.3 Å². The maximum Gasteiger partial charge on any atom is 0.258 e. The summed E-state index contributed by atoms with van der Waals surface area (Å²) >= 11 is 0. The van der Waals surface area contributed by atoms with Crippen molar-refractivity contribution < 1.29 is 13.7 Å². The Balaban J connectivity index is 2.24. The van der Waals surface area contributed by atoms with Gasteiger partial charge in [-0.15, -0.1) is 0 Å². The number of aromatic nitrogens is 1. The van der Waals surface area contributed by atoms with Gasteiger partial charge in [0.2, 0.25) is 0 Å². The lowest BCUT2D eigenvalue weighted by molar-refractivity contribution is 0.102. The SMILES string of the molecule is Cc1cccc(C(=O)Nc2cnoc2)c1F. The predicted molar refractivity (Wildman–Crippen MR) is 55.6 cm³/mol. The number of aryl methyl sites for hydroxylation is 1. The van der Waals surface area contributed by atoms with Gasteiger partial charge in [0, 0.05) is 0 Å². The molecular weight excluding hydrogens is 211 g/mol. The van der Waals surface area contributed by atoms with Crippen molar-refractivity contribution in [2.75, 3.05) is 5.32 Å². The average molecular weight is 220 g/mol. The molecule has 1 aromatic carbocycles. The van der Waals surface area contributed by atoms with Crippen LogP contribution in [0.25, 0.3) is 0 Å². The molecule has 5 heteroatoms. The number of hydrogen-bond donors (Lipinski definition) is 1. The number of anilines is 1. The fourth-order valence-corrected chi connectivity index (χ4v) is 1.29. The van der Waals surface area contributed by atoms with E-state index in [9.17, 15) is 9.18 Å². The summed E-state index contributed by atoms with van der Waals surface area (Å²) < 4.78 is 18.1. The number of nitrogens with one attached hydrogen (secondary N) is 1. The predicted octanol–water partition coefficient (Wildman–Crippen LogP) is 2.37. The number of halogens is 1. The normalized spacial score (nSPS) is 10.1. The van der Waals surface area contributed by atoms with Gasteiger partial charge in [-0.25, -0.2) is 4.39 Å². The van der Waals surface area contributed by atoms with E-state index >= 15 is 0 Å². The number of amides is 1. The Hall–Kier alpha value is -2.17. The van der Waals surface area contributed by atoms with Crippen molar-refractivity contribution >= 4 is 11.6 Å². The molecule has 1 heterocycles. The Morgan fingerprint density at radius 3 is 3.00 bits per heavy atom. The number of nitrogens with zero attached hydrogens (tertiary/aromatic N) is 1. The van der Waals surface area contributed by atoms with E-state index in [0.29, 0.717) is 11.3 Å². The van der Waals surface area contributed by atoms with Crippen LogP contribution >= 0.6 is 0 Å². The summed E-state index contributed by atoms with van der Waals surface area (Å²) in [6.07, 6.45) is 2.61. The van der Waals surface area contributed by atoms with E-state index in [1.165, 1.54) is 18.5 Å². The summed E-state index contributed by atoms with van der Waals surface area (Å²) in [5, 5.41) is 5.90. The summed E-state index contributed by atoms with van der Waals surface area (Å²) in [6, 6.07) is 4.65. The molecule has 2 aromatic rings. The van der Waals surface area contributed by atoms with Gasteiger partial charge < -0.3 is 9.84 Å². The molecule has 0 aliphatic carbocycles. The van der Waals surface area contributed by atoms with E-state index in [2.05, 4.69) is 15.0 Å². The van der Waals surface area contributed by atoms with Gasteiger partial charge in [0.25, 0.3) is 5.91 Å². The molecule has 0 atom stereocenters. The van der Waals surface area contributed by atoms with Crippen molar-refractivity contribution in [3.63, 3.8) is 0 Å². The van der Waals surface area contributed by atoms with Gasteiger partial charge in [0.15, 0.2) is 0 Å². The molecule has 0 saturated heterocycles. The molecule has 0 aliphatic heterocycles. The number of carbonyl (C=O) groups excluding carboxylic acids is 1. The second kappa shape index (κ2) is 4.14. The third-order valence-electron chi connectivity index (χ3n) is 2.13. The van der Waals surface area contributed by atoms with Crippen LogP contribution in [0.4, 0.5) is 10.1 Å². The van der Waals surface area contributed by atoms with Gasteiger partial charge in [-0.2, -0.15) is 0 Å². The van der Waals surface area contributed by atoms with E-state index in [1.54, 1.807) is 19.1 Å². The molecule has 4 nitrogen and oxygen atoms in total. The largest absolute Gasteiger partial charge is 0.363 e. The summed E-state index contributed by atoms with van der Waals surface area (Å²) in [6.45, 7) is 1.60. The van der Waals surface area contributed by atoms with E-state index in [-0.39, 0.29) is 5.56 Å². The second-order valence-corrected chi connectivity index (χ2v) is 3.30. The van der Waals surface area contributed by atoms with Crippen molar-refractivity contribution in [3.8, 4) is 0 Å². The Morgan fingerprint density at radius 2 is 2.31 bits per heavy atom. The van der Waals surface area contributed by atoms with Crippen molar-refractivity contribution in [1.29, 1.82) is 0 Å². The van der Waals surface area contributed by atoms with E-state index in [0.717, 1.165) is 0 Å². The third kappa shape index (κ3) is 1.93. The molecular formula is C11H9FN2O2. The minimum Gasteiger partial charge on any atom is -0.363 e. The Labute approximate surface area is 91.1 Å². The summed E-state index contributed by atoms with van der Waals surface area (Å²) in [5.41, 5.74) is 0.824. The molecule has 0 radical (unpaired) electrons. The van der Waals surface area contributed by atoms with Gasteiger partial charge in [0.05, 0.1) is 11.8 Å². The van der Waals surface area contributed by atoms with Gasteiger partial charge in [0.1, 0.15) is 17.8 Å². The monoisotopic (exact) mass is 220 g/mol. The molecule has 1 amide bonds. The van der Waals surface area contributed by atoms with Gasteiger partial charge >= 0.3 is 0 Å². The number of hydrogen-bond acceptors (Lipinski definition) is 3. The van der Waals surface area contributed by atoms with Gasteiger partial charge in [-0.3, -0.25) is 4.79 Å². The molecule has 1 aromatic heterocycles. The van der Waals surface area contributed by atoms with Crippen LogP contribution in [-0.2, 0) is 0 Å². The topological polar surface area (TPSA) is 55.1 Å². The molecule has 0 bridgehead atoms. The smallest absolute Gasteiger partial charge is 0.258 e. The Kier molecular flexibility index (Phi) is 2.68. The second-order valence-electron chi connectivity index (χ2n) is 3.30. The Bertz CT molecular complexity index is 509. The number of carbonyl (C=O) groups is 1. The van der Waals surface area contributed by atoms with E-state index < -0.39 is 11.7 Å². The standard InChI is InChI=1S/C11H9FN2O2/c1-7-3-2-4-9(10(7)12)11(15)14-8-5-13-16-6-8/h2-6H,1H3,(H,14,15). The lowest BCUT2D eigenvalue weighted by Crippen LogP contribution is -2.13. The highest BCUT2D eigenvalue weighted by molar-refractivity contribution is 6.04. The van der Waals surface area contributed by atoms with Crippen molar-refractivity contribution in [1.82, 2.24) is 5.16 Å². The van der Waals surface area contributed by atoms with Crippen molar-refractivity contribution in [3.05, 3.63) is 47.6 Å². The highest BCUT2D eigenvalue weighted by Crippen LogP contribution is 2.14. The fraction of sp³-hybridized carbons (Fsp3) is 0.0909. The molecule has 2 rings (SSSR count). The van der Waals surface area contributed by atoms with E-state index in [1.807, 2.05) is 0 Å². The minimum atomic E-state index is -0.524. The highest BCUT2D eigenvalue weighted by Gasteiger charge is 2.13. The summed E-state index contributed by atoms with van der Waals surface area (Å²) in [7, 11) is 0. The first-order chi connectivity index (χ1) is 7.68. The average Bonchev–Trinajstić information content (AvgIpc) is 2.74. The lowest BCUT2D eigenvalue weighted by atomic mass is 10.1. The first kappa shape index (κ1) is 10.4. The van der Waals surface area contributed by atoms with Crippen LogP contribution in [0.5, 0.6) is 0 Å². The van der Waals surface area contributed by atoms with Crippen LogP contribution in [0.2, 0.25) is 0 Å². The lowest BCUT2D eigenvalue weighted by Gasteiger charge is -2.04. The van der Waals surface area contributed by atoms with Crippen LogP contribution < -0.4 is 5.32 Å². The molecule has 82 valence electrons. The van der Waals surface area contributed by atoms with Crippen LogP contribution in [0, 0.1) is 12.7 Å². The van der Waals surface area contributed by atoms with Crippen LogP contribution in [0.3, 0.4) is 0 Å². The Morgan fingerprint density at radius 1 is 1.50 bits per heavy atom. The maximum absolute atomic E-state index is 13.6. The van der Waals surface area contributed by atoms with Crippen LogP contribution in [-0.4, -0.2) is 11.1 Å². The van der Waals surface area contributed by atoms with Gasteiger partial charge in [-0.05, 0) is 18.6 Å². The molecule has 0 spiro atoms. The molecule has 0 aliphatic rings. The van der Waals surface area contributed by atoms with Crippen molar-refractivity contribution in [2.24, 2.45) is 0 Å². The van der Waals surface area contributed by atoms with Crippen LogP contribution in [0.15, 0.2) is 35.2 Å². The number of rotatable bonds is 2. The quantitative estimate of drug-likeness (QED) is 0.845. The summed E-state index contributed by atoms with van der Waals surface area (Å²) in [4.78, 5) is 11.7. The minimum absolute atomic E-state index is 0.00111. The zero-order valence-corrected chi connectivity index (χ0v) is 8.53. The first-order valence-corrected chi connectivity index (χ1v) is 4.64. The third-order valence-corrected chi connectivity index (χ3v) is 2.13. The molecule has 0 saturated carbocycles. The van der Waals surface area contributed by atoms with E-state index in [4.69, 9.17) is 0 Å². The fourth-order valence-electron chi connectivity index (χ4n) is 1.29. The van der Waals surface area contributed by atoms with Crippen LogP contribution in [0.1, 0.15) is 15.9 Å². The zero-order chi connectivity index (χ0) is 11.5. The molecule has 1 N–H and O–H groups in total. The highest BCUT2D eigenvalue weighted by atomic mass is 19.1. The zero-order valence-electron chi connectivity index (χ0n) is 8.53. The number of benzene rings is 1.